The summed E-state index contributed by atoms with van der Waals surface area (Å²) in [6, 6.07) is 8.10. The maximum absolute atomic E-state index is 5.59. The zero-order valence-electron chi connectivity index (χ0n) is 9.31. The van der Waals surface area contributed by atoms with E-state index in [9.17, 15) is 0 Å². The van der Waals surface area contributed by atoms with Gasteiger partial charge in [0.25, 0.3) is 0 Å². The molecule has 1 nitrogen and oxygen atoms in total. The Balaban J connectivity index is 2.52. The van der Waals surface area contributed by atoms with Gasteiger partial charge in [-0.25, -0.2) is 0 Å². The van der Waals surface area contributed by atoms with Crippen molar-refractivity contribution in [1.29, 1.82) is 0 Å². The number of rotatable bonds is 5. The third-order valence-electron chi connectivity index (χ3n) is 1.88. The van der Waals surface area contributed by atoms with Crippen molar-refractivity contribution in [3.63, 3.8) is 0 Å². The van der Waals surface area contributed by atoms with E-state index in [4.69, 9.17) is 4.74 Å². The molecule has 0 aliphatic heterocycles. The summed E-state index contributed by atoms with van der Waals surface area (Å²) in [5, 5.41) is 0. The lowest BCUT2D eigenvalue weighted by Crippen LogP contribution is -2.04. The minimum Gasteiger partial charge on any atom is -0.493 e. The molecule has 0 aliphatic carbocycles. The normalized spacial score (nSPS) is 11.2. The summed E-state index contributed by atoms with van der Waals surface area (Å²) < 4.78 is 5.59. The maximum Gasteiger partial charge on any atom is 0.119 e. The van der Waals surface area contributed by atoms with Gasteiger partial charge in [-0.1, -0.05) is 38.1 Å². The molecule has 0 saturated heterocycles. The Morgan fingerprint density at radius 3 is 2.47 bits per heavy atom. The third-order valence-corrected chi connectivity index (χ3v) is 2.09. The van der Waals surface area contributed by atoms with Crippen LogP contribution in [0.3, 0.4) is 0 Å². The Bertz CT molecular complexity index is 301. The average Bonchev–Trinajstić information content (AvgIpc) is 2.25. The van der Waals surface area contributed by atoms with E-state index in [2.05, 4.69) is 44.7 Å². The van der Waals surface area contributed by atoms with Crippen molar-refractivity contribution in [3.8, 4) is 5.75 Å². The van der Waals surface area contributed by atoms with Gasteiger partial charge in [-0.15, -0.1) is 0 Å². The molecule has 0 bridgehead atoms. The SMILES string of the molecule is CC(C)COc1ccc(C=CCS)cc1. The lowest BCUT2D eigenvalue weighted by Gasteiger charge is -2.08. The summed E-state index contributed by atoms with van der Waals surface area (Å²) in [7, 11) is 0. The highest BCUT2D eigenvalue weighted by Gasteiger charge is 1.96. The molecule has 82 valence electrons. The molecule has 1 aromatic carbocycles. The molecule has 0 unspecified atom stereocenters. The molecule has 0 aromatic heterocycles. The van der Waals surface area contributed by atoms with Gasteiger partial charge in [0.2, 0.25) is 0 Å². The monoisotopic (exact) mass is 222 g/mol. The minimum absolute atomic E-state index is 0.564. The summed E-state index contributed by atoms with van der Waals surface area (Å²) in [4.78, 5) is 0. The Morgan fingerprint density at radius 2 is 1.93 bits per heavy atom. The van der Waals surface area contributed by atoms with Gasteiger partial charge in [-0.3, -0.25) is 0 Å². The maximum atomic E-state index is 5.59. The predicted molar refractivity (Wildman–Crippen MR) is 69.7 cm³/mol. The number of thiol groups is 1. The molecule has 1 rings (SSSR count). The van der Waals surface area contributed by atoms with Crippen LogP contribution in [0.1, 0.15) is 19.4 Å². The number of hydrogen-bond donors (Lipinski definition) is 1. The van der Waals surface area contributed by atoms with Gasteiger partial charge >= 0.3 is 0 Å². The topological polar surface area (TPSA) is 9.23 Å². The molecule has 2 heteroatoms. The molecule has 0 spiro atoms. The summed E-state index contributed by atoms with van der Waals surface area (Å²) in [6.45, 7) is 5.05. The first-order valence-electron chi connectivity index (χ1n) is 5.22. The molecular formula is C13H18OS. The van der Waals surface area contributed by atoms with Crippen LogP contribution in [0.5, 0.6) is 5.75 Å². The molecule has 0 heterocycles. The molecule has 15 heavy (non-hydrogen) atoms. The fraction of sp³-hybridized carbons (Fsp3) is 0.385. The lowest BCUT2D eigenvalue weighted by atomic mass is 10.2. The fourth-order valence-electron chi connectivity index (χ4n) is 1.13. The number of ether oxygens (including phenoxy) is 1. The van der Waals surface area contributed by atoms with E-state index in [-0.39, 0.29) is 0 Å². The Kier molecular flexibility index (Phi) is 5.33. The van der Waals surface area contributed by atoms with Crippen molar-refractivity contribution < 1.29 is 4.74 Å². The molecule has 0 fully saturated rings. The molecular weight excluding hydrogens is 204 g/mol. The highest BCUT2D eigenvalue weighted by molar-refractivity contribution is 7.80. The van der Waals surface area contributed by atoms with Crippen molar-refractivity contribution in [3.05, 3.63) is 35.9 Å². The molecule has 0 saturated carbocycles. The summed E-state index contributed by atoms with van der Waals surface area (Å²) in [5.74, 6) is 2.27. The second kappa shape index (κ2) is 6.57. The minimum atomic E-state index is 0.564. The van der Waals surface area contributed by atoms with Crippen molar-refractivity contribution >= 4 is 18.7 Å². The summed E-state index contributed by atoms with van der Waals surface area (Å²) in [6.07, 6.45) is 4.08. The second-order valence-electron chi connectivity index (χ2n) is 3.86. The first-order chi connectivity index (χ1) is 7.22. The van der Waals surface area contributed by atoms with Crippen LogP contribution in [-0.2, 0) is 0 Å². The summed E-state index contributed by atoms with van der Waals surface area (Å²) in [5.41, 5.74) is 1.18. The van der Waals surface area contributed by atoms with E-state index < -0.39 is 0 Å². The van der Waals surface area contributed by atoms with E-state index >= 15 is 0 Å². The zero-order chi connectivity index (χ0) is 11.1. The fourth-order valence-corrected chi connectivity index (χ4v) is 1.23. The standard InChI is InChI=1S/C13H18OS/c1-11(2)10-14-13-7-5-12(6-8-13)4-3-9-15/h3-8,11,15H,9-10H2,1-2H3. The van der Waals surface area contributed by atoms with Crippen LogP contribution in [0.4, 0.5) is 0 Å². The average molecular weight is 222 g/mol. The lowest BCUT2D eigenvalue weighted by molar-refractivity contribution is 0.271. The molecule has 0 radical (unpaired) electrons. The van der Waals surface area contributed by atoms with Gasteiger partial charge in [-0.2, -0.15) is 12.6 Å². The Hall–Kier alpha value is -0.890. The molecule has 0 amide bonds. The highest BCUT2D eigenvalue weighted by atomic mass is 32.1. The van der Waals surface area contributed by atoms with Crippen LogP contribution in [0.15, 0.2) is 30.3 Å². The van der Waals surface area contributed by atoms with Crippen LogP contribution < -0.4 is 4.74 Å². The van der Waals surface area contributed by atoms with E-state index in [0.29, 0.717) is 5.92 Å². The first-order valence-corrected chi connectivity index (χ1v) is 5.86. The second-order valence-corrected chi connectivity index (χ2v) is 4.22. The summed E-state index contributed by atoms with van der Waals surface area (Å²) >= 11 is 4.12. The van der Waals surface area contributed by atoms with Gasteiger partial charge in [-0.05, 0) is 23.6 Å². The smallest absolute Gasteiger partial charge is 0.119 e. The van der Waals surface area contributed by atoms with Crippen LogP contribution >= 0.6 is 12.6 Å². The van der Waals surface area contributed by atoms with E-state index in [1.165, 1.54) is 5.56 Å². The largest absolute Gasteiger partial charge is 0.493 e. The Morgan fingerprint density at radius 1 is 1.27 bits per heavy atom. The molecule has 0 aliphatic rings. The van der Waals surface area contributed by atoms with Gasteiger partial charge in [0.05, 0.1) is 6.61 Å². The van der Waals surface area contributed by atoms with Gasteiger partial charge in [0.1, 0.15) is 5.75 Å². The predicted octanol–water partition coefficient (Wildman–Crippen LogP) is 3.66. The van der Waals surface area contributed by atoms with Crippen molar-refractivity contribution in [2.24, 2.45) is 5.92 Å². The van der Waals surface area contributed by atoms with E-state index in [1.807, 2.05) is 18.2 Å². The van der Waals surface area contributed by atoms with Crippen molar-refractivity contribution in [1.82, 2.24) is 0 Å². The molecule has 0 atom stereocenters. The van der Waals surface area contributed by atoms with Gasteiger partial charge < -0.3 is 4.74 Å². The van der Waals surface area contributed by atoms with Crippen LogP contribution in [-0.4, -0.2) is 12.4 Å². The molecule has 1 aromatic rings. The first kappa shape index (κ1) is 12.2. The third kappa shape index (κ3) is 4.93. The van der Waals surface area contributed by atoms with E-state index in [0.717, 1.165) is 18.1 Å². The van der Waals surface area contributed by atoms with Crippen LogP contribution in [0, 0.1) is 5.92 Å². The Labute approximate surface area is 97.6 Å². The molecule has 0 N–H and O–H groups in total. The van der Waals surface area contributed by atoms with Gasteiger partial charge in [0, 0.05) is 5.75 Å². The van der Waals surface area contributed by atoms with Crippen molar-refractivity contribution in [2.45, 2.75) is 13.8 Å². The van der Waals surface area contributed by atoms with Gasteiger partial charge in [0.15, 0.2) is 0 Å². The number of benzene rings is 1. The number of hydrogen-bond acceptors (Lipinski definition) is 2. The van der Waals surface area contributed by atoms with E-state index in [1.54, 1.807) is 0 Å². The highest BCUT2D eigenvalue weighted by Crippen LogP contribution is 2.14. The van der Waals surface area contributed by atoms with Crippen LogP contribution in [0.2, 0.25) is 0 Å². The van der Waals surface area contributed by atoms with Crippen LogP contribution in [0.25, 0.3) is 6.08 Å². The quantitative estimate of drug-likeness (QED) is 0.748. The van der Waals surface area contributed by atoms with Crippen molar-refractivity contribution in [2.75, 3.05) is 12.4 Å². The zero-order valence-corrected chi connectivity index (χ0v) is 10.2.